The molecule has 0 aliphatic carbocycles. The van der Waals surface area contributed by atoms with Crippen molar-refractivity contribution in [3.63, 3.8) is 0 Å². The Bertz CT molecular complexity index is 1230. The van der Waals surface area contributed by atoms with E-state index < -0.39 is 15.9 Å². The third-order valence-corrected chi connectivity index (χ3v) is 6.54. The molecular formula is C27H34N4O4S. The highest BCUT2D eigenvalue weighted by Gasteiger charge is 2.26. The van der Waals surface area contributed by atoms with E-state index in [4.69, 9.17) is 9.88 Å². The molecule has 0 radical (unpaired) electrons. The number of hydrogen-bond acceptors (Lipinski definition) is 6. The molecule has 2 aromatic carbocycles. The van der Waals surface area contributed by atoms with Crippen molar-refractivity contribution in [3.8, 4) is 11.5 Å². The topological polar surface area (TPSA) is 115 Å². The van der Waals surface area contributed by atoms with Crippen LogP contribution < -0.4 is 20.1 Å². The molecule has 0 aliphatic rings. The zero-order valence-electron chi connectivity index (χ0n) is 20.8. The predicted octanol–water partition coefficient (Wildman–Crippen LogP) is 4.86. The minimum atomic E-state index is -4.22. The molecule has 3 N–H and O–H groups in total. The second-order valence-corrected chi connectivity index (χ2v) is 10.0. The summed E-state index contributed by atoms with van der Waals surface area (Å²) in [5.74, 6) is 0.170. The number of nitrogens with two attached hydrogens (primary N) is 1. The van der Waals surface area contributed by atoms with Gasteiger partial charge >= 0.3 is 0 Å². The summed E-state index contributed by atoms with van der Waals surface area (Å²) in [6, 6.07) is 17.3. The number of hydrogen-bond donors (Lipinski definition) is 2. The first-order chi connectivity index (χ1) is 17.3. The third-order valence-electron chi connectivity index (χ3n) is 5.63. The highest BCUT2D eigenvalue weighted by molar-refractivity contribution is 7.89. The summed E-state index contributed by atoms with van der Waals surface area (Å²) >= 11 is 0. The van der Waals surface area contributed by atoms with Crippen LogP contribution in [0.5, 0.6) is 11.5 Å². The van der Waals surface area contributed by atoms with E-state index in [1.807, 2.05) is 12.1 Å². The molecule has 1 heterocycles. The molecule has 0 spiro atoms. The van der Waals surface area contributed by atoms with Crippen molar-refractivity contribution < 1.29 is 17.9 Å². The smallest absolute Gasteiger partial charge is 0.251 e. The van der Waals surface area contributed by atoms with Gasteiger partial charge in [-0.2, -0.15) is 0 Å². The number of anilines is 1. The minimum Gasteiger partial charge on any atom is -0.454 e. The molecule has 0 unspecified atom stereocenters. The molecule has 0 saturated heterocycles. The van der Waals surface area contributed by atoms with Gasteiger partial charge in [0, 0.05) is 24.8 Å². The van der Waals surface area contributed by atoms with E-state index in [1.165, 1.54) is 6.07 Å². The second-order valence-electron chi connectivity index (χ2n) is 8.48. The number of benzene rings is 2. The maximum atomic E-state index is 13.1. The number of rotatable bonds is 13. The maximum absolute atomic E-state index is 13.1. The molecular weight excluding hydrogens is 476 g/mol. The highest BCUT2D eigenvalue weighted by atomic mass is 32.2. The number of ether oxygens (including phenoxy) is 1. The number of primary sulfonamides is 1. The van der Waals surface area contributed by atoms with Gasteiger partial charge in [-0.05, 0) is 49.2 Å². The summed E-state index contributed by atoms with van der Waals surface area (Å²) < 4.78 is 31.6. The summed E-state index contributed by atoms with van der Waals surface area (Å²) in [6.45, 7) is 5.76. The first-order valence-electron chi connectivity index (χ1n) is 12.2. The van der Waals surface area contributed by atoms with E-state index in [0.717, 1.165) is 25.7 Å². The zero-order valence-corrected chi connectivity index (χ0v) is 21.6. The number of carbonyl (C=O) groups excluding carboxylic acids is 1. The van der Waals surface area contributed by atoms with Crippen molar-refractivity contribution in [2.45, 2.75) is 51.0 Å². The number of carbonyl (C=O) groups is 1. The standard InChI is InChI=1S/C27H34N4O4S/c1-3-5-16-31(17-6-4-2)24-18-21(27(32)30-20-22-12-10-11-15-29-22)19-25(36(28,33)34)26(24)35-23-13-8-7-9-14-23/h7-15,18-19H,3-6,16-17,20H2,1-2H3,(H,30,32)(H2,28,33,34). The van der Waals surface area contributed by atoms with Gasteiger partial charge in [-0.15, -0.1) is 0 Å². The summed E-state index contributed by atoms with van der Waals surface area (Å²) in [7, 11) is -4.22. The highest BCUT2D eigenvalue weighted by Crippen LogP contribution is 2.39. The fraction of sp³-hybridized carbons (Fsp3) is 0.333. The number of nitrogens with zero attached hydrogens (tertiary/aromatic N) is 2. The molecule has 1 amide bonds. The van der Waals surface area contributed by atoms with Gasteiger partial charge < -0.3 is 15.0 Å². The van der Waals surface area contributed by atoms with Crippen molar-refractivity contribution in [2.24, 2.45) is 5.14 Å². The summed E-state index contributed by atoms with van der Waals surface area (Å²) in [5, 5.41) is 8.47. The van der Waals surface area contributed by atoms with E-state index >= 15 is 0 Å². The molecule has 3 rings (SSSR count). The van der Waals surface area contributed by atoms with Gasteiger partial charge in [0.2, 0.25) is 10.0 Å². The van der Waals surface area contributed by atoms with Gasteiger partial charge in [0.05, 0.1) is 17.9 Å². The van der Waals surface area contributed by atoms with Gasteiger partial charge in [0.15, 0.2) is 5.75 Å². The van der Waals surface area contributed by atoms with Crippen LogP contribution in [0.15, 0.2) is 71.8 Å². The lowest BCUT2D eigenvalue weighted by Gasteiger charge is -2.28. The summed E-state index contributed by atoms with van der Waals surface area (Å²) in [6.07, 6.45) is 5.37. The van der Waals surface area contributed by atoms with Gasteiger partial charge in [-0.1, -0.05) is 51.0 Å². The first kappa shape index (κ1) is 27.2. The second kappa shape index (κ2) is 13.0. The van der Waals surface area contributed by atoms with Crippen molar-refractivity contribution in [3.05, 3.63) is 78.1 Å². The van der Waals surface area contributed by atoms with Crippen LogP contribution in [0.2, 0.25) is 0 Å². The van der Waals surface area contributed by atoms with Crippen molar-refractivity contribution >= 4 is 21.6 Å². The molecule has 8 nitrogen and oxygen atoms in total. The summed E-state index contributed by atoms with van der Waals surface area (Å²) in [5.41, 5.74) is 1.40. The molecule has 1 aromatic heterocycles. The van der Waals surface area contributed by atoms with Crippen LogP contribution in [-0.4, -0.2) is 32.4 Å². The van der Waals surface area contributed by atoms with Crippen LogP contribution in [0, 0.1) is 0 Å². The van der Waals surface area contributed by atoms with E-state index in [0.29, 0.717) is 30.2 Å². The lowest BCUT2D eigenvalue weighted by molar-refractivity contribution is 0.0950. The SMILES string of the molecule is CCCCN(CCCC)c1cc(C(=O)NCc2ccccn2)cc(S(N)(=O)=O)c1Oc1ccccc1. The number of amides is 1. The van der Waals surface area contributed by atoms with Gasteiger partial charge in [-0.3, -0.25) is 9.78 Å². The van der Waals surface area contributed by atoms with Crippen LogP contribution in [0.25, 0.3) is 0 Å². The number of nitrogens with one attached hydrogen (secondary N) is 1. The Morgan fingerprint density at radius 2 is 1.67 bits per heavy atom. The molecule has 192 valence electrons. The number of unbranched alkanes of at least 4 members (excludes halogenated alkanes) is 2. The van der Waals surface area contributed by atoms with Crippen LogP contribution in [-0.2, 0) is 16.6 Å². The fourth-order valence-electron chi connectivity index (χ4n) is 3.70. The Morgan fingerprint density at radius 1 is 1.00 bits per heavy atom. The number of pyridine rings is 1. The Balaban J connectivity index is 2.10. The molecule has 0 atom stereocenters. The molecule has 0 saturated carbocycles. The van der Waals surface area contributed by atoms with E-state index in [2.05, 4.69) is 29.0 Å². The first-order valence-corrected chi connectivity index (χ1v) is 13.7. The monoisotopic (exact) mass is 510 g/mol. The normalized spacial score (nSPS) is 11.2. The van der Waals surface area contributed by atoms with E-state index in [9.17, 15) is 13.2 Å². The van der Waals surface area contributed by atoms with Crippen molar-refractivity contribution in [2.75, 3.05) is 18.0 Å². The molecule has 9 heteroatoms. The quantitative estimate of drug-likeness (QED) is 0.339. The molecule has 36 heavy (non-hydrogen) atoms. The molecule has 0 bridgehead atoms. The number of sulfonamides is 1. The van der Waals surface area contributed by atoms with Crippen molar-refractivity contribution in [1.29, 1.82) is 0 Å². The number of aromatic nitrogens is 1. The van der Waals surface area contributed by atoms with Gasteiger partial charge in [-0.25, -0.2) is 13.6 Å². The van der Waals surface area contributed by atoms with Crippen LogP contribution in [0.4, 0.5) is 5.69 Å². The lowest BCUT2D eigenvalue weighted by atomic mass is 10.1. The largest absolute Gasteiger partial charge is 0.454 e. The van der Waals surface area contributed by atoms with Crippen molar-refractivity contribution in [1.82, 2.24) is 10.3 Å². The summed E-state index contributed by atoms with van der Waals surface area (Å²) in [4.78, 5) is 19.2. The molecule has 0 aliphatic heterocycles. The minimum absolute atomic E-state index is 0.122. The molecule has 0 fully saturated rings. The van der Waals surface area contributed by atoms with Crippen LogP contribution >= 0.6 is 0 Å². The van der Waals surface area contributed by atoms with E-state index in [1.54, 1.807) is 48.7 Å². The van der Waals surface area contributed by atoms with Crippen LogP contribution in [0.1, 0.15) is 55.6 Å². The average Bonchev–Trinajstić information content (AvgIpc) is 2.88. The van der Waals surface area contributed by atoms with E-state index in [-0.39, 0.29) is 22.8 Å². The van der Waals surface area contributed by atoms with Gasteiger partial charge in [0.1, 0.15) is 10.6 Å². The lowest BCUT2D eigenvalue weighted by Crippen LogP contribution is -2.29. The fourth-order valence-corrected chi connectivity index (χ4v) is 4.40. The van der Waals surface area contributed by atoms with Gasteiger partial charge in [0.25, 0.3) is 5.91 Å². The Hall–Kier alpha value is -3.43. The third kappa shape index (κ3) is 7.53. The zero-order chi connectivity index (χ0) is 26.0. The van der Waals surface area contributed by atoms with Crippen LogP contribution in [0.3, 0.4) is 0 Å². The molecule has 3 aromatic rings. The number of para-hydroxylation sites is 1. The average molecular weight is 511 g/mol. The Morgan fingerprint density at radius 3 is 2.25 bits per heavy atom. The Labute approximate surface area is 213 Å². The Kier molecular flexibility index (Phi) is 9.84. The predicted molar refractivity (Wildman–Crippen MR) is 142 cm³/mol. The maximum Gasteiger partial charge on any atom is 0.251 e.